The van der Waals surface area contributed by atoms with Crippen molar-refractivity contribution < 1.29 is 19.1 Å². The van der Waals surface area contributed by atoms with Gasteiger partial charge in [0.25, 0.3) is 5.91 Å². The molecule has 0 radical (unpaired) electrons. The minimum absolute atomic E-state index is 0.133. The summed E-state index contributed by atoms with van der Waals surface area (Å²) < 4.78 is 5.36. The van der Waals surface area contributed by atoms with E-state index in [9.17, 15) is 14.4 Å². The van der Waals surface area contributed by atoms with Gasteiger partial charge in [-0.1, -0.05) is 68.1 Å². The fourth-order valence-electron chi connectivity index (χ4n) is 4.96. The number of nitrogens with zero attached hydrogens (tertiary/aromatic N) is 3. The number of benzene rings is 3. The second-order valence-electron chi connectivity index (χ2n) is 10.2. The van der Waals surface area contributed by atoms with Crippen molar-refractivity contribution in [3.63, 3.8) is 0 Å². The Kier molecular flexibility index (Phi) is 9.56. The van der Waals surface area contributed by atoms with Crippen molar-refractivity contribution in [2.24, 2.45) is 9.98 Å². The molecule has 0 aliphatic carbocycles. The first-order chi connectivity index (χ1) is 20.9. The van der Waals surface area contributed by atoms with Crippen LogP contribution in [0, 0.1) is 0 Å². The number of nitrogens with one attached hydrogen (secondary N) is 2. The highest BCUT2D eigenvalue weighted by Crippen LogP contribution is 2.36. The number of aryl methyl sites for hydroxylation is 1. The molecule has 3 aromatic rings. The molecule has 0 unspecified atom stereocenters. The number of rotatable bonds is 11. The smallest absolute Gasteiger partial charge is 0.259 e. The van der Waals surface area contributed by atoms with Gasteiger partial charge in [-0.2, -0.15) is 0 Å². The molecule has 2 N–H and O–H groups in total. The quantitative estimate of drug-likeness (QED) is 0.305. The fraction of sp³-hybridized carbons (Fsp3) is 0.303. The summed E-state index contributed by atoms with van der Waals surface area (Å²) in [4.78, 5) is 50.7. The lowest BCUT2D eigenvalue weighted by Gasteiger charge is -2.27. The number of hydrogen-bond donors (Lipinski definition) is 2. The number of carbonyl (C=O) groups is 3. The van der Waals surface area contributed by atoms with Crippen LogP contribution < -0.4 is 15.4 Å². The topological polar surface area (TPSA) is 112 Å². The molecule has 2 aliphatic heterocycles. The third-order valence-electron chi connectivity index (χ3n) is 7.40. The molecule has 0 bridgehead atoms. The highest BCUT2D eigenvalue weighted by Gasteiger charge is 2.42. The predicted molar refractivity (Wildman–Crippen MR) is 171 cm³/mol. The van der Waals surface area contributed by atoms with E-state index in [-0.39, 0.29) is 30.6 Å². The second kappa shape index (κ2) is 13.7. The van der Waals surface area contributed by atoms with Crippen molar-refractivity contribution in [3.05, 3.63) is 89.5 Å². The number of para-hydroxylation sites is 2. The lowest BCUT2D eigenvalue weighted by Crippen LogP contribution is -2.42. The Morgan fingerprint density at radius 3 is 2.51 bits per heavy atom. The Balaban J connectivity index is 1.27. The molecule has 222 valence electrons. The molecular weight excluding hydrogens is 562 g/mol. The van der Waals surface area contributed by atoms with Crippen molar-refractivity contribution in [3.8, 4) is 5.75 Å². The predicted octanol–water partition coefficient (Wildman–Crippen LogP) is 5.46. The van der Waals surface area contributed by atoms with E-state index in [2.05, 4.69) is 17.6 Å². The number of amides is 3. The van der Waals surface area contributed by atoms with Crippen LogP contribution in [0.3, 0.4) is 0 Å². The zero-order chi connectivity index (χ0) is 30.3. The molecule has 43 heavy (non-hydrogen) atoms. The van der Waals surface area contributed by atoms with Crippen LogP contribution in [0.2, 0.25) is 0 Å². The summed E-state index contributed by atoms with van der Waals surface area (Å²) >= 11 is 1.25. The molecule has 3 amide bonds. The average molecular weight is 598 g/mol. The Morgan fingerprint density at radius 2 is 1.77 bits per heavy atom. The van der Waals surface area contributed by atoms with Gasteiger partial charge in [-0.25, -0.2) is 9.89 Å². The Bertz CT molecular complexity index is 1570. The first-order valence-corrected chi connectivity index (χ1v) is 15.3. The van der Waals surface area contributed by atoms with Gasteiger partial charge in [0, 0.05) is 29.8 Å². The summed E-state index contributed by atoms with van der Waals surface area (Å²) in [5.41, 5.74) is 4.22. The third-order valence-corrected chi connectivity index (χ3v) is 8.72. The van der Waals surface area contributed by atoms with Gasteiger partial charge in [0.2, 0.25) is 11.8 Å². The first kappa shape index (κ1) is 30.0. The first-order valence-electron chi connectivity index (χ1n) is 14.5. The Labute approximate surface area is 255 Å². The van der Waals surface area contributed by atoms with E-state index in [0.717, 1.165) is 23.2 Å². The van der Waals surface area contributed by atoms with Crippen molar-refractivity contribution >= 4 is 51.9 Å². The highest BCUT2D eigenvalue weighted by molar-refractivity contribution is 8.15. The van der Waals surface area contributed by atoms with Crippen LogP contribution in [0.25, 0.3) is 0 Å². The monoisotopic (exact) mass is 597 g/mol. The van der Waals surface area contributed by atoms with Gasteiger partial charge in [-0.3, -0.25) is 19.4 Å². The molecule has 9 nitrogen and oxygen atoms in total. The Hall–Kier alpha value is -4.44. The standard InChI is InChI=1S/C33H35N5O4S/c1-4-21-14-16-23(17-15-21)35-31(40)28(5-2)43-33-37-25-12-8-7-11-24(25)30-36-26(32(41)38(30)33)18-19-29(39)34-20-22-10-6-9-13-27(22)42-3/h6-17,26,28H,4-5,18-20H2,1-3H3,(H,34,39)(H,35,40)/t26-,28-/m1/s1. The van der Waals surface area contributed by atoms with E-state index in [1.54, 1.807) is 7.11 Å². The lowest BCUT2D eigenvalue weighted by atomic mass is 10.1. The van der Waals surface area contributed by atoms with E-state index in [4.69, 9.17) is 14.7 Å². The van der Waals surface area contributed by atoms with Crippen molar-refractivity contribution in [1.82, 2.24) is 10.2 Å². The van der Waals surface area contributed by atoms with Gasteiger partial charge in [-0.05, 0) is 55.2 Å². The normalized spacial score (nSPS) is 16.0. The van der Waals surface area contributed by atoms with Gasteiger partial charge in [0.1, 0.15) is 17.6 Å². The zero-order valence-corrected chi connectivity index (χ0v) is 25.3. The van der Waals surface area contributed by atoms with Crippen molar-refractivity contribution in [2.45, 2.75) is 57.4 Å². The summed E-state index contributed by atoms with van der Waals surface area (Å²) in [5.74, 6) is 0.615. The van der Waals surface area contributed by atoms with Crippen LogP contribution in [-0.2, 0) is 27.3 Å². The molecule has 2 heterocycles. The van der Waals surface area contributed by atoms with Gasteiger partial charge < -0.3 is 15.4 Å². The maximum absolute atomic E-state index is 13.7. The van der Waals surface area contributed by atoms with Gasteiger partial charge in [0.05, 0.1) is 18.0 Å². The van der Waals surface area contributed by atoms with Crippen LogP contribution in [0.1, 0.15) is 49.8 Å². The molecule has 0 saturated heterocycles. The summed E-state index contributed by atoms with van der Waals surface area (Å²) in [7, 11) is 1.59. The van der Waals surface area contributed by atoms with Crippen LogP contribution in [0.15, 0.2) is 82.8 Å². The minimum atomic E-state index is -0.727. The molecule has 2 aliphatic rings. The number of amidine groups is 2. The SMILES string of the molecule is CCc1ccc(NC(=O)[C@@H](CC)SC2=Nc3ccccc3C3=N[C@H](CCC(=O)NCc4ccccc4OC)C(=O)N23)cc1. The summed E-state index contributed by atoms with van der Waals surface area (Å²) in [6, 6.07) is 22.1. The fourth-order valence-corrected chi connectivity index (χ4v) is 5.98. The number of methoxy groups -OCH3 is 1. The number of carbonyl (C=O) groups excluding carboxylic acids is 3. The minimum Gasteiger partial charge on any atom is -0.496 e. The molecule has 0 saturated carbocycles. The molecule has 10 heteroatoms. The number of aliphatic imine (C=N–C) groups is 2. The number of fused-ring (bicyclic) bond motifs is 3. The summed E-state index contributed by atoms with van der Waals surface area (Å²) in [6.07, 6.45) is 1.84. The second-order valence-corrected chi connectivity index (χ2v) is 11.4. The van der Waals surface area contributed by atoms with Gasteiger partial charge in [-0.15, -0.1) is 0 Å². The van der Waals surface area contributed by atoms with Crippen LogP contribution >= 0.6 is 11.8 Å². The lowest BCUT2D eigenvalue weighted by molar-refractivity contribution is -0.125. The average Bonchev–Trinajstić information content (AvgIpc) is 3.38. The van der Waals surface area contributed by atoms with E-state index in [1.807, 2.05) is 79.7 Å². The maximum atomic E-state index is 13.7. The van der Waals surface area contributed by atoms with E-state index < -0.39 is 11.3 Å². The van der Waals surface area contributed by atoms with Crippen LogP contribution in [-0.4, -0.2) is 52.0 Å². The van der Waals surface area contributed by atoms with Crippen molar-refractivity contribution in [2.75, 3.05) is 12.4 Å². The zero-order valence-electron chi connectivity index (χ0n) is 24.5. The van der Waals surface area contributed by atoms with Gasteiger partial charge in [0.15, 0.2) is 5.17 Å². The molecule has 3 aromatic carbocycles. The molecule has 5 rings (SSSR count). The Morgan fingerprint density at radius 1 is 1.02 bits per heavy atom. The van der Waals surface area contributed by atoms with Crippen molar-refractivity contribution in [1.29, 1.82) is 0 Å². The summed E-state index contributed by atoms with van der Waals surface area (Å²) in [5, 5.41) is 5.83. The maximum Gasteiger partial charge on any atom is 0.259 e. The van der Waals surface area contributed by atoms with E-state index in [0.29, 0.717) is 35.4 Å². The molecule has 0 aromatic heterocycles. The van der Waals surface area contributed by atoms with E-state index in [1.165, 1.54) is 22.2 Å². The number of hydrogen-bond acceptors (Lipinski definition) is 7. The molecule has 2 atom stereocenters. The van der Waals surface area contributed by atoms with E-state index >= 15 is 0 Å². The number of anilines is 1. The van der Waals surface area contributed by atoms with Crippen LogP contribution in [0.5, 0.6) is 5.75 Å². The number of ether oxygens (including phenoxy) is 1. The summed E-state index contributed by atoms with van der Waals surface area (Å²) in [6.45, 7) is 4.34. The molecule has 0 spiro atoms. The third kappa shape index (κ3) is 6.80. The van der Waals surface area contributed by atoms with Gasteiger partial charge >= 0.3 is 0 Å². The largest absolute Gasteiger partial charge is 0.496 e. The highest BCUT2D eigenvalue weighted by atomic mass is 32.2. The van der Waals surface area contributed by atoms with Crippen LogP contribution in [0.4, 0.5) is 11.4 Å². The molecule has 0 fully saturated rings. The number of thioether (sulfide) groups is 1. The molecular formula is C33H35N5O4S.